The lowest BCUT2D eigenvalue weighted by atomic mass is 10.1. The third kappa shape index (κ3) is 4.19. The highest BCUT2D eigenvalue weighted by Gasteiger charge is 2.33. The van der Waals surface area contributed by atoms with Crippen LogP contribution in [0.15, 0.2) is 54.7 Å². The Labute approximate surface area is 141 Å². The third-order valence-electron chi connectivity index (χ3n) is 4.21. The summed E-state index contributed by atoms with van der Waals surface area (Å²) in [7, 11) is 0. The summed E-state index contributed by atoms with van der Waals surface area (Å²) in [6.07, 6.45) is 2.73. The Balaban J connectivity index is 1.47. The molecular formula is C19H21N3O2. The highest BCUT2D eigenvalue weighted by atomic mass is 16.2. The predicted molar refractivity (Wildman–Crippen MR) is 90.9 cm³/mol. The van der Waals surface area contributed by atoms with Crippen molar-refractivity contribution in [1.29, 1.82) is 0 Å². The van der Waals surface area contributed by atoms with Gasteiger partial charge >= 0.3 is 0 Å². The van der Waals surface area contributed by atoms with Gasteiger partial charge in [-0.3, -0.25) is 14.6 Å². The fraction of sp³-hybridized carbons (Fsp3) is 0.316. The molecule has 0 aliphatic carbocycles. The smallest absolute Gasteiger partial charge is 0.225 e. The van der Waals surface area contributed by atoms with Crippen LogP contribution in [0.25, 0.3) is 0 Å². The Morgan fingerprint density at radius 3 is 2.71 bits per heavy atom. The molecule has 0 radical (unpaired) electrons. The van der Waals surface area contributed by atoms with Gasteiger partial charge in [-0.2, -0.15) is 0 Å². The molecule has 1 aliphatic rings. The molecule has 1 aromatic carbocycles. The predicted octanol–water partition coefficient (Wildman–Crippen LogP) is 1.79. The van der Waals surface area contributed by atoms with Gasteiger partial charge in [0, 0.05) is 44.4 Å². The lowest BCUT2D eigenvalue weighted by Crippen LogP contribution is -2.34. The average Bonchev–Trinajstić information content (AvgIpc) is 2.97. The summed E-state index contributed by atoms with van der Waals surface area (Å²) in [4.78, 5) is 30.4. The third-order valence-corrected chi connectivity index (χ3v) is 4.21. The maximum Gasteiger partial charge on any atom is 0.225 e. The Bertz CT molecular complexity index is 688. The lowest BCUT2D eigenvalue weighted by Gasteiger charge is -2.16. The average molecular weight is 323 g/mol. The Morgan fingerprint density at radius 1 is 1.17 bits per heavy atom. The molecule has 1 N–H and O–H groups in total. The van der Waals surface area contributed by atoms with Crippen molar-refractivity contribution >= 4 is 11.8 Å². The monoisotopic (exact) mass is 323 g/mol. The molecule has 0 spiro atoms. The lowest BCUT2D eigenvalue weighted by molar-refractivity contribution is -0.129. The molecule has 1 atom stereocenters. The molecule has 124 valence electrons. The van der Waals surface area contributed by atoms with Crippen LogP contribution in [0.3, 0.4) is 0 Å². The van der Waals surface area contributed by atoms with E-state index in [1.807, 2.05) is 48.5 Å². The molecule has 1 fully saturated rings. The van der Waals surface area contributed by atoms with Gasteiger partial charge in [0.1, 0.15) is 0 Å². The zero-order valence-corrected chi connectivity index (χ0v) is 13.5. The number of carbonyl (C=O) groups excluding carboxylic acids is 2. The van der Waals surface area contributed by atoms with Crippen molar-refractivity contribution in [1.82, 2.24) is 15.2 Å². The van der Waals surface area contributed by atoms with Crippen LogP contribution in [0.1, 0.15) is 17.7 Å². The second kappa shape index (κ2) is 7.73. The highest BCUT2D eigenvalue weighted by molar-refractivity contribution is 5.89. The Kier molecular flexibility index (Phi) is 5.21. The van der Waals surface area contributed by atoms with Crippen LogP contribution in [-0.4, -0.2) is 34.8 Å². The van der Waals surface area contributed by atoms with Crippen molar-refractivity contribution in [2.24, 2.45) is 5.92 Å². The minimum atomic E-state index is -0.259. The maximum atomic E-state index is 12.3. The molecule has 3 rings (SSSR count). The van der Waals surface area contributed by atoms with E-state index in [0.717, 1.165) is 11.3 Å². The summed E-state index contributed by atoms with van der Waals surface area (Å²) in [5.74, 6) is -0.261. The molecule has 1 aliphatic heterocycles. The van der Waals surface area contributed by atoms with E-state index in [9.17, 15) is 9.59 Å². The van der Waals surface area contributed by atoms with Crippen LogP contribution < -0.4 is 5.32 Å². The van der Waals surface area contributed by atoms with Crippen molar-refractivity contribution in [3.8, 4) is 0 Å². The largest absolute Gasteiger partial charge is 0.355 e. The van der Waals surface area contributed by atoms with Crippen molar-refractivity contribution in [3.05, 3.63) is 66.0 Å². The quantitative estimate of drug-likeness (QED) is 0.881. The molecule has 5 heteroatoms. The first-order valence-electron chi connectivity index (χ1n) is 8.21. The standard InChI is InChI=1S/C19H21N3O2/c23-18-12-16(14-22(18)13-15-6-2-1-3-7-15)19(24)21-11-9-17-8-4-5-10-20-17/h1-8,10,16H,9,11-14H2,(H,21,24). The Morgan fingerprint density at radius 2 is 1.96 bits per heavy atom. The first-order chi connectivity index (χ1) is 11.7. The van der Waals surface area contributed by atoms with Crippen LogP contribution in [-0.2, 0) is 22.6 Å². The van der Waals surface area contributed by atoms with Gasteiger partial charge < -0.3 is 10.2 Å². The van der Waals surface area contributed by atoms with E-state index < -0.39 is 0 Å². The van der Waals surface area contributed by atoms with Gasteiger partial charge in [-0.1, -0.05) is 36.4 Å². The number of nitrogens with zero attached hydrogens (tertiary/aromatic N) is 2. The van der Waals surface area contributed by atoms with E-state index in [4.69, 9.17) is 0 Å². The summed E-state index contributed by atoms with van der Waals surface area (Å²) in [6.45, 7) is 1.60. The summed E-state index contributed by atoms with van der Waals surface area (Å²) in [6, 6.07) is 15.6. The number of amides is 2. The minimum absolute atomic E-state index is 0.0451. The van der Waals surface area contributed by atoms with Gasteiger partial charge in [-0.15, -0.1) is 0 Å². The van der Waals surface area contributed by atoms with E-state index in [2.05, 4.69) is 10.3 Å². The molecular weight excluding hydrogens is 302 g/mol. The zero-order chi connectivity index (χ0) is 16.8. The second-order valence-electron chi connectivity index (χ2n) is 6.02. The van der Waals surface area contributed by atoms with E-state index in [0.29, 0.717) is 32.5 Å². The number of hydrogen-bond donors (Lipinski definition) is 1. The van der Waals surface area contributed by atoms with E-state index in [-0.39, 0.29) is 17.7 Å². The number of pyridine rings is 1. The van der Waals surface area contributed by atoms with Gasteiger partial charge in [0.2, 0.25) is 11.8 Å². The SMILES string of the molecule is O=C(NCCc1ccccn1)C1CC(=O)N(Cc2ccccc2)C1. The van der Waals surface area contributed by atoms with E-state index in [1.54, 1.807) is 11.1 Å². The molecule has 1 unspecified atom stereocenters. The number of rotatable bonds is 6. The van der Waals surface area contributed by atoms with Crippen LogP contribution in [0, 0.1) is 5.92 Å². The summed E-state index contributed by atoms with van der Waals surface area (Å²) in [5, 5.41) is 2.92. The molecule has 24 heavy (non-hydrogen) atoms. The van der Waals surface area contributed by atoms with Gasteiger partial charge in [0.25, 0.3) is 0 Å². The topological polar surface area (TPSA) is 62.3 Å². The molecule has 1 saturated heterocycles. The van der Waals surface area contributed by atoms with Gasteiger partial charge in [-0.25, -0.2) is 0 Å². The number of nitrogens with one attached hydrogen (secondary N) is 1. The Hall–Kier alpha value is -2.69. The highest BCUT2D eigenvalue weighted by Crippen LogP contribution is 2.20. The summed E-state index contributed by atoms with van der Waals surface area (Å²) in [5.41, 5.74) is 2.04. The van der Waals surface area contributed by atoms with Gasteiger partial charge in [0.15, 0.2) is 0 Å². The molecule has 1 aromatic heterocycles. The number of likely N-dealkylation sites (tertiary alicyclic amines) is 1. The molecule has 2 amide bonds. The number of aromatic nitrogens is 1. The fourth-order valence-electron chi connectivity index (χ4n) is 2.91. The van der Waals surface area contributed by atoms with E-state index in [1.165, 1.54) is 0 Å². The number of benzene rings is 1. The van der Waals surface area contributed by atoms with Crippen molar-refractivity contribution in [2.45, 2.75) is 19.4 Å². The van der Waals surface area contributed by atoms with Crippen molar-refractivity contribution in [3.63, 3.8) is 0 Å². The van der Waals surface area contributed by atoms with Gasteiger partial charge in [-0.05, 0) is 17.7 Å². The fourth-order valence-corrected chi connectivity index (χ4v) is 2.91. The zero-order valence-electron chi connectivity index (χ0n) is 13.5. The first-order valence-corrected chi connectivity index (χ1v) is 8.21. The number of carbonyl (C=O) groups is 2. The maximum absolute atomic E-state index is 12.3. The second-order valence-corrected chi connectivity index (χ2v) is 6.02. The molecule has 5 nitrogen and oxygen atoms in total. The van der Waals surface area contributed by atoms with Crippen LogP contribution >= 0.6 is 0 Å². The normalized spacial score (nSPS) is 17.1. The van der Waals surface area contributed by atoms with Crippen LogP contribution in [0.5, 0.6) is 0 Å². The molecule has 0 saturated carbocycles. The molecule has 2 aromatic rings. The van der Waals surface area contributed by atoms with Crippen LogP contribution in [0.2, 0.25) is 0 Å². The molecule has 0 bridgehead atoms. The van der Waals surface area contributed by atoms with Crippen LogP contribution in [0.4, 0.5) is 0 Å². The first kappa shape index (κ1) is 16.2. The summed E-state index contributed by atoms with van der Waals surface area (Å²) >= 11 is 0. The van der Waals surface area contributed by atoms with Crippen molar-refractivity contribution in [2.75, 3.05) is 13.1 Å². The molecule has 2 heterocycles. The number of hydrogen-bond acceptors (Lipinski definition) is 3. The van der Waals surface area contributed by atoms with E-state index >= 15 is 0 Å². The van der Waals surface area contributed by atoms with Gasteiger partial charge in [0.05, 0.1) is 5.92 Å². The minimum Gasteiger partial charge on any atom is -0.355 e. The van der Waals surface area contributed by atoms with Crippen molar-refractivity contribution < 1.29 is 9.59 Å². The summed E-state index contributed by atoms with van der Waals surface area (Å²) < 4.78 is 0.